The van der Waals surface area contributed by atoms with Gasteiger partial charge in [-0.15, -0.1) is 0 Å². The van der Waals surface area contributed by atoms with E-state index in [1.54, 1.807) is 6.33 Å². The Balaban J connectivity index is 2.06. The van der Waals surface area contributed by atoms with Crippen molar-refractivity contribution in [2.75, 3.05) is 0 Å². The van der Waals surface area contributed by atoms with Gasteiger partial charge >= 0.3 is 0 Å². The van der Waals surface area contributed by atoms with Crippen LogP contribution >= 0.6 is 0 Å². The molecule has 3 heterocycles. The van der Waals surface area contributed by atoms with Crippen molar-refractivity contribution in [3.8, 4) is 0 Å². The molecule has 0 aliphatic carbocycles. The van der Waals surface area contributed by atoms with Crippen molar-refractivity contribution in [1.29, 1.82) is 0 Å². The van der Waals surface area contributed by atoms with Crippen molar-refractivity contribution in [2.45, 2.75) is 76.3 Å². The second kappa shape index (κ2) is 5.53. The number of nitrogens with zero attached hydrogens (tertiary/aromatic N) is 5. The van der Waals surface area contributed by atoms with Crippen molar-refractivity contribution in [3.63, 3.8) is 0 Å². The van der Waals surface area contributed by atoms with Gasteiger partial charge in [0, 0.05) is 0 Å². The minimum Gasteiger partial charge on any atom is -0.286 e. The lowest BCUT2D eigenvalue weighted by molar-refractivity contribution is -0.0253. The molecule has 2 unspecified atom stereocenters. The summed E-state index contributed by atoms with van der Waals surface area (Å²) >= 11 is 0. The number of hydrogen-bond acceptors (Lipinski definition) is 5. The van der Waals surface area contributed by atoms with Crippen LogP contribution in [0.3, 0.4) is 0 Å². The smallest absolute Gasteiger partial charge is 0.141 e. The summed E-state index contributed by atoms with van der Waals surface area (Å²) in [6.07, 6.45) is 5.78. The van der Waals surface area contributed by atoms with Gasteiger partial charge < -0.3 is 0 Å². The molecule has 0 saturated carbocycles. The molecule has 0 spiro atoms. The number of fused-ring (bicyclic) bond motifs is 2. The minimum atomic E-state index is -0.134. The molecule has 5 nitrogen and oxygen atoms in total. The summed E-state index contributed by atoms with van der Waals surface area (Å²) < 4.78 is 0. The minimum absolute atomic E-state index is 0.0274. The van der Waals surface area contributed by atoms with Crippen molar-refractivity contribution in [3.05, 3.63) is 31.8 Å². The highest BCUT2D eigenvalue weighted by Crippen LogP contribution is 2.40. The highest BCUT2D eigenvalue weighted by Gasteiger charge is 2.42. The average Bonchev–Trinajstić information content (AvgIpc) is 2.48. The largest absolute Gasteiger partial charge is 0.286 e. The Morgan fingerprint density at radius 3 is 2.39 bits per heavy atom. The third-order valence-corrected chi connectivity index (χ3v) is 5.17. The monoisotopic (exact) mass is 313 g/mol. The van der Waals surface area contributed by atoms with Gasteiger partial charge in [-0.2, -0.15) is 5.10 Å². The van der Waals surface area contributed by atoms with Gasteiger partial charge in [0.15, 0.2) is 0 Å². The predicted molar refractivity (Wildman–Crippen MR) is 91.9 cm³/mol. The Hall–Kier alpha value is -1.52. The van der Waals surface area contributed by atoms with Crippen LogP contribution in [-0.4, -0.2) is 36.8 Å². The van der Waals surface area contributed by atoms with Crippen LogP contribution in [0.2, 0.25) is 0 Å². The standard InChI is InChI=1S/C18H27N5/c1-7-13-14(12(2)15-19-11-20-16(13)21-15)22-23-17(3,4)9-8-10-18(23,5)6/h11-13H,1-2,7-10H2,3-6H3. The molecule has 124 valence electrons. The van der Waals surface area contributed by atoms with E-state index in [2.05, 4.69) is 61.5 Å². The highest BCUT2D eigenvalue weighted by atomic mass is 15.5. The summed E-state index contributed by atoms with van der Waals surface area (Å²) in [7, 11) is 0. The van der Waals surface area contributed by atoms with Crippen LogP contribution in [0.5, 0.6) is 0 Å². The Morgan fingerprint density at radius 2 is 1.78 bits per heavy atom. The molecular weight excluding hydrogens is 286 g/mol. The summed E-state index contributed by atoms with van der Waals surface area (Å²) in [4.78, 5) is 13.1. The summed E-state index contributed by atoms with van der Waals surface area (Å²) in [5, 5.41) is 7.41. The molecule has 1 fully saturated rings. The second-order valence-corrected chi connectivity index (χ2v) is 7.91. The molecule has 5 heteroatoms. The van der Waals surface area contributed by atoms with E-state index in [9.17, 15) is 0 Å². The van der Waals surface area contributed by atoms with Gasteiger partial charge in [0.1, 0.15) is 18.0 Å². The van der Waals surface area contributed by atoms with E-state index in [-0.39, 0.29) is 22.9 Å². The maximum absolute atomic E-state index is 5.13. The zero-order valence-electron chi connectivity index (χ0n) is 14.7. The Morgan fingerprint density at radius 1 is 1.17 bits per heavy atom. The molecular formula is C18H27N5. The first-order valence-corrected chi connectivity index (χ1v) is 8.46. The summed E-state index contributed by atoms with van der Waals surface area (Å²) in [6.45, 7) is 17.4. The molecule has 2 atom stereocenters. The van der Waals surface area contributed by atoms with Crippen molar-refractivity contribution < 1.29 is 0 Å². The van der Waals surface area contributed by atoms with Gasteiger partial charge in [0.05, 0.1) is 28.6 Å². The predicted octanol–water partition coefficient (Wildman–Crippen LogP) is 3.51. The summed E-state index contributed by atoms with van der Waals surface area (Å²) in [5.41, 5.74) is 1.06. The molecule has 2 aliphatic heterocycles. The zero-order valence-corrected chi connectivity index (χ0v) is 14.7. The van der Waals surface area contributed by atoms with Crippen LogP contribution in [0.4, 0.5) is 0 Å². The van der Waals surface area contributed by atoms with Crippen LogP contribution < -0.4 is 0 Å². The summed E-state index contributed by atoms with van der Waals surface area (Å²) in [5.74, 6) is 1.38. The van der Waals surface area contributed by atoms with Crippen molar-refractivity contribution in [1.82, 2.24) is 20.0 Å². The van der Waals surface area contributed by atoms with Crippen molar-refractivity contribution in [2.24, 2.45) is 5.10 Å². The molecule has 1 saturated heterocycles. The van der Waals surface area contributed by atoms with Crippen LogP contribution in [0, 0.1) is 13.8 Å². The molecule has 0 aromatic carbocycles. The number of hydrazone groups is 1. The van der Waals surface area contributed by atoms with E-state index < -0.39 is 0 Å². The topological polar surface area (TPSA) is 54.3 Å². The number of rotatable bonds is 2. The molecule has 23 heavy (non-hydrogen) atoms. The third kappa shape index (κ3) is 2.74. The lowest BCUT2D eigenvalue weighted by atomic mass is 9.81. The van der Waals surface area contributed by atoms with Crippen molar-refractivity contribution >= 4 is 5.71 Å². The second-order valence-electron chi connectivity index (χ2n) is 7.91. The van der Waals surface area contributed by atoms with Gasteiger partial charge in [-0.05, 0) is 60.3 Å². The van der Waals surface area contributed by atoms with E-state index in [1.165, 1.54) is 6.42 Å². The molecule has 3 rings (SSSR count). The first-order valence-electron chi connectivity index (χ1n) is 8.46. The lowest BCUT2D eigenvalue weighted by Crippen LogP contribution is -2.56. The normalized spacial score (nSPS) is 30.5. The van der Waals surface area contributed by atoms with Gasteiger partial charge in [0.25, 0.3) is 0 Å². The number of aromatic nitrogens is 3. The molecule has 1 aromatic rings. The fourth-order valence-electron chi connectivity index (χ4n) is 3.95. The highest BCUT2D eigenvalue weighted by molar-refractivity contribution is 5.96. The Labute approximate surface area is 139 Å². The Bertz CT molecular complexity index is 604. The van der Waals surface area contributed by atoms with Gasteiger partial charge in [-0.3, -0.25) is 5.01 Å². The summed E-state index contributed by atoms with van der Waals surface area (Å²) in [6, 6.07) is 0. The van der Waals surface area contributed by atoms with E-state index >= 15 is 0 Å². The lowest BCUT2D eigenvalue weighted by Gasteiger charge is -2.51. The van der Waals surface area contributed by atoms with Gasteiger partial charge in [-0.25, -0.2) is 15.0 Å². The van der Waals surface area contributed by atoms with Crippen LogP contribution in [0.25, 0.3) is 0 Å². The van der Waals surface area contributed by atoms with Crippen LogP contribution in [-0.2, 0) is 0 Å². The third-order valence-electron chi connectivity index (χ3n) is 5.17. The van der Waals surface area contributed by atoms with Crippen LogP contribution in [0.15, 0.2) is 11.4 Å². The molecule has 2 radical (unpaired) electrons. The quantitative estimate of drug-likeness (QED) is 0.838. The van der Waals surface area contributed by atoms with Gasteiger partial charge in [0.2, 0.25) is 0 Å². The van der Waals surface area contributed by atoms with E-state index in [0.717, 1.165) is 24.4 Å². The number of hydrogen-bond donors (Lipinski definition) is 0. The fourth-order valence-corrected chi connectivity index (χ4v) is 3.95. The van der Waals surface area contributed by atoms with E-state index in [1.807, 2.05) is 0 Å². The first-order chi connectivity index (χ1) is 10.8. The SMILES string of the molecule is [CH2]CC1C(=NN2C(C)(C)CCCC2(C)C)C([CH2])c2ncnc1n2. The zero-order chi connectivity index (χ0) is 16.8. The molecule has 0 amide bonds. The molecule has 2 bridgehead atoms. The fraction of sp³-hybridized carbons (Fsp3) is 0.667. The molecule has 1 aromatic heterocycles. The maximum atomic E-state index is 5.13. The van der Waals surface area contributed by atoms with Crippen LogP contribution in [0.1, 0.15) is 76.9 Å². The van der Waals surface area contributed by atoms with Gasteiger partial charge in [-0.1, -0.05) is 6.92 Å². The first kappa shape index (κ1) is 16.3. The van der Waals surface area contributed by atoms with E-state index in [4.69, 9.17) is 5.10 Å². The molecule has 0 N–H and O–H groups in total. The number of piperidine rings is 1. The average molecular weight is 313 g/mol. The van der Waals surface area contributed by atoms with E-state index in [0.29, 0.717) is 12.2 Å². The maximum Gasteiger partial charge on any atom is 0.141 e. The molecule has 2 aliphatic rings. The Kier molecular flexibility index (Phi) is 3.93.